The Kier molecular flexibility index (Phi) is 2.01. The van der Waals surface area contributed by atoms with Gasteiger partial charge in [-0.1, -0.05) is 27.7 Å². The van der Waals surface area contributed by atoms with Crippen molar-refractivity contribution in [1.82, 2.24) is 0 Å². The zero-order chi connectivity index (χ0) is 13.5. The van der Waals surface area contributed by atoms with Crippen molar-refractivity contribution in [2.45, 2.75) is 33.1 Å². The van der Waals surface area contributed by atoms with Gasteiger partial charge >= 0.3 is 0 Å². The molecule has 1 aliphatic heterocycles. The van der Waals surface area contributed by atoms with Crippen molar-refractivity contribution >= 4 is 27.5 Å². The molecule has 1 fully saturated rings. The molecule has 4 heteroatoms. The molecule has 2 aliphatic rings. The number of hydrogen-bond acceptors (Lipinski definition) is 1. The lowest BCUT2D eigenvalue weighted by atomic mass is 9.87. The molecule has 1 aromatic rings. The summed E-state index contributed by atoms with van der Waals surface area (Å²) in [5.74, 6) is -0.325. The van der Waals surface area contributed by atoms with Crippen LogP contribution in [-0.4, -0.2) is 5.91 Å². The van der Waals surface area contributed by atoms with E-state index in [1.807, 2.05) is 0 Å². The molecule has 0 saturated heterocycles. The van der Waals surface area contributed by atoms with Gasteiger partial charge in [-0.3, -0.25) is 4.79 Å². The van der Waals surface area contributed by atoms with E-state index in [4.69, 9.17) is 0 Å². The molecule has 0 atom stereocenters. The zero-order valence-corrected chi connectivity index (χ0v) is 12.4. The molecule has 3 rings (SSSR count). The summed E-state index contributed by atoms with van der Waals surface area (Å²) < 4.78 is 14.3. The van der Waals surface area contributed by atoms with E-state index in [0.29, 0.717) is 4.47 Å². The molecule has 1 spiro atoms. The first-order valence-corrected chi connectivity index (χ1v) is 6.78. The minimum Gasteiger partial charge on any atom is -0.324 e. The number of carbonyl (C=O) groups is 1. The minimum absolute atomic E-state index is 0.0150. The fourth-order valence-corrected chi connectivity index (χ4v) is 4.41. The summed E-state index contributed by atoms with van der Waals surface area (Å²) in [6.45, 7) is 8.28. The Bertz CT molecular complexity index is 578. The molecule has 1 aromatic carbocycles. The molecular formula is C14H15BrFNO. The molecule has 0 unspecified atom stereocenters. The number of nitrogens with one attached hydrogen (secondary N) is 1. The van der Waals surface area contributed by atoms with Gasteiger partial charge in [0.15, 0.2) is 0 Å². The van der Waals surface area contributed by atoms with Crippen molar-refractivity contribution in [2.75, 3.05) is 5.32 Å². The highest BCUT2D eigenvalue weighted by molar-refractivity contribution is 9.10. The van der Waals surface area contributed by atoms with Crippen LogP contribution in [0.25, 0.3) is 0 Å². The number of hydrogen-bond donors (Lipinski definition) is 1. The molecule has 1 saturated carbocycles. The van der Waals surface area contributed by atoms with E-state index in [9.17, 15) is 9.18 Å². The lowest BCUT2D eigenvalue weighted by Crippen LogP contribution is -2.26. The summed E-state index contributed by atoms with van der Waals surface area (Å²) in [6.07, 6.45) is 0. The monoisotopic (exact) mass is 311 g/mol. The smallest absolute Gasteiger partial charge is 0.236 e. The van der Waals surface area contributed by atoms with Crippen LogP contribution in [0.3, 0.4) is 0 Å². The summed E-state index contributed by atoms with van der Waals surface area (Å²) in [5.41, 5.74) is 0.542. The zero-order valence-electron chi connectivity index (χ0n) is 10.8. The van der Waals surface area contributed by atoms with Gasteiger partial charge in [0.25, 0.3) is 0 Å². The van der Waals surface area contributed by atoms with Crippen LogP contribution in [0.2, 0.25) is 0 Å². The molecule has 1 heterocycles. The van der Waals surface area contributed by atoms with Gasteiger partial charge in [0.1, 0.15) is 5.82 Å². The lowest BCUT2D eigenvalue weighted by molar-refractivity contribution is -0.119. The minimum atomic E-state index is -0.611. The van der Waals surface area contributed by atoms with Crippen LogP contribution in [0.1, 0.15) is 33.3 Å². The van der Waals surface area contributed by atoms with Crippen molar-refractivity contribution in [1.29, 1.82) is 0 Å². The molecule has 0 bridgehead atoms. The Balaban J connectivity index is 2.34. The SMILES string of the molecule is CC1(C)C(C)(C)C12C(=O)Nc1c(Br)cc(F)cc12. The van der Waals surface area contributed by atoms with E-state index >= 15 is 0 Å². The third-order valence-electron chi connectivity index (χ3n) is 5.41. The Hall–Kier alpha value is -0.900. The molecule has 96 valence electrons. The number of carbonyl (C=O) groups excluding carboxylic acids is 1. The van der Waals surface area contributed by atoms with Crippen LogP contribution >= 0.6 is 15.9 Å². The van der Waals surface area contributed by atoms with Gasteiger partial charge in [-0.15, -0.1) is 0 Å². The van der Waals surface area contributed by atoms with E-state index in [2.05, 4.69) is 48.9 Å². The number of fused-ring (bicyclic) bond motifs is 2. The highest BCUT2D eigenvalue weighted by atomic mass is 79.9. The molecular weight excluding hydrogens is 297 g/mol. The predicted octanol–water partition coefficient (Wildman–Crippen LogP) is 3.84. The first kappa shape index (κ1) is 12.2. The quantitative estimate of drug-likeness (QED) is 0.775. The largest absolute Gasteiger partial charge is 0.324 e. The normalized spacial score (nSPS) is 24.9. The van der Waals surface area contributed by atoms with E-state index in [-0.39, 0.29) is 22.6 Å². The van der Waals surface area contributed by atoms with Crippen molar-refractivity contribution in [3.8, 4) is 0 Å². The summed E-state index contributed by atoms with van der Waals surface area (Å²) in [4.78, 5) is 12.5. The van der Waals surface area contributed by atoms with Crippen molar-refractivity contribution < 1.29 is 9.18 Å². The number of anilines is 1. The Morgan fingerprint density at radius 1 is 1.17 bits per heavy atom. The van der Waals surface area contributed by atoms with Gasteiger partial charge in [0, 0.05) is 4.47 Å². The summed E-state index contributed by atoms with van der Waals surface area (Å²) in [5, 5.41) is 2.90. The first-order chi connectivity index (χ1) is 8.18. The van der Waals surface area contributed by atoms with Gasteiger partial charge < -0.3 is 5.32 Å². The van der Waals surface area contributed by atoms with E-state index in [0.717, 1.165) is 11.3 Å². The van der Waals surface area contributed by atoms with Crippen molar-refractivity contribution in [3.05, 3.63) is 28.0 Å². The molecule has 1 N–H and O–H groups in total. The lowest BCUT2D eigenvalue weighted by Gasteiger charge is -2.13. The van der Waals surface area contributed by atoms with Crippen LogP contribution in [-0.2, 0) is 10.2 Å². The highest BCUT2D eigenvalue weighted by Gasteiger charge is 2.83. The Labute approximate surface area is 114 Å². The second-order valence-electron chi connectivity index (χ2n) is 6.26. The van der Waals surface area contributed by atoms with Crippen LogP contribution in [0.15, 0.2) is 16.6 Å². The maximum absolute atomic E-state index is 13.7. The number of halogens is 2. The summed E-state index contributed by atoms with van der Waals surface area (Å²) in [7, 11) is 0. The second kappa shape index (κ2) is 2.98. The molecule has 1 aliphatic carbocycles. The maximum atomic E-state index is 13.7. The van der Waals surface area contributed by atoms with Gasteiger partial charge in [0.2, 0.25) is 5.91 Å². The highest BCUT2D eigenvalue weighted by Crippen LogP contribution is 2.80. The van der Waals surface area contributed by atoms with Crippen LogP contribution in [0.4, 0.5) is 10.1 Å². The topological polar surface area (TPSA) is 29.1 Å². The van der Waals surface area contributed by atoms with Gasteiger partial charge in [0.05, 0.1) is 11.1 Å². The molecule has 0 aromatic heterocycles. The number of benzene rings is 1. The van der Waals surface area contributed by atoms with Crippen molar-refractivity contribution in [2.24, 2.45) is 10.8 Å². The Morgan fingerprint density at radius 3 is 2.22 bits per heavy atom. The predicted molar refractivity (Wildman–Crippen MR) is 72.0 cm³/mol. The van der Waals surface area contributed by atoms with Crippen molar-refractivity contribution in [3.63, 3.8) is 0 Å². The average Bonchev–Trinajstić information content (AvgIpc) is 2.50. The summed E-state index contributed by atoms with van der Waals surface area (Å²) >= 11 is 3.33. The van der Waals surface area contributed by atoms with Gasteiger partial charge in [-0.05, 0) is 44.5 Å². The van der Waals surface area contributed by atoms with E-state index in [1.54, 1.807) is 0 Å². The van der Waals surface area contributed by atoms with E-state index in [1.165, 1.54) is 12.1 Å². The third kappa shape index (κ3) is 0.954. The standard InChI is InChI=1S/C14H15BrFNO/c1-12(2)13(3,4)14(12)8-5-7(16)6-9(15)10(8)17-11(14)18/h5-6H,1-4H3,(H,17,18). The second-order valence-corrected chi connectivity index (χ2v) is 7.12. The molecule has 2 nitrogen and oxygen atoms in total. The van der Waals surface area contributed by atoms with E-state index < -0.39 is 5.41 Å². The summed E-state index contributed by atoms with van der Waals surface area (Å²) in [6, 6.07) is 2.88. The third-order valence-corrected chi connectivity index (χ3v) is 6.04. The van der Waals surface area contributed by atoms with Gasteiger partial charge in [-0.2, -0.15) is 0 Å². The van der Waals surface area contributed by atoms with Crippen LogP contribution < -0.4 is 5.32 Å². The maximum Gasteiger partial charge on any atom is 0.236 e. The molecule has 1 amide bonds. The van der Waals surface area contributed by atoms with Crippen LogP contribution in [0, 0.1) is 16.6 Å². The molecule has 0 radical (unpaired) electrons. The molecule has 18 heavy (non-hydrogen) atoms. The van der Waals surface area contributed by atoms with Gasteiger partial charge in [-0.25, -0.2) is 4.39 Å². The first-order valence-electron chi connectivity index (χ1n) is 5.99. The Morgan fingerprint density at radius 2 is 1.72 bits per heavy atom. The fraction of sp³-hybridized carbons (Fsp3) is 0.500. The van der Waals surface area contributed by atoms with Crippen LogP contribution in [0.5, 0.6) is 0 Å². The number of amides is 1. The fourth-order valence-electron chi connectivity index (χ4n) is 3.88. The number of rotatable bonds is 0. The average molecular weight is 312 g/mol.